The van der Waals surface area contributed by atoms with E-state index in [1.165, 1.54) is 6.33 Å². The number of nitrogens with zero attached hydrogens (tertiary/aromatic N) is 3. The zero-order valence-corrected chi connectivity index (χ0v) is 21.0. The van der Waals surface area contributed by atoms with E-state index in [1.54, 1.807) is 16.4 Å². The third-order valence-electron chi connectivity index (χ3n) is 6.82. The summed E-state index contributed by atoms with van der Waals surface area (Å²) in [5.74, 6) is -0.177. The van der Waals surface area contributed by atoms with Crippen molar-refractivity contribution in [1.82, 2.24) is 25.1 Å². The highest BCUT2D eigenvalue weighted by atomic mass is 16.5. The van der Waals surface area contributed by atoms with Crippen LogP contribution in [0.3, 0.4) is 0 Å². The van der Waals surface area contributed by atoms with Gasteiger partial charge >= 0.3 is 0 Å². The highest BCUT2D eigenvalue weighted by Gasteiger charge is 2.48. The number of amides is 3. The van der Waals surface area contributed by atoms with E-state index in [-0.39, 0.29) is 41.9 Å². The standard InChI is InChI=1S/C26H35N5O4/c1-5-31-24(33)22-21(23(32)27-14-18-10-12-20(13-11-18)35-17(2)3)28-16-30(22)15-26(31,4)25(34)29-19-8-6-7-9-19/h10-13,16-17,19H,5-9,14-15H2,1-4H3,(H,27,32)(H,29,34)/t26-/m0/s1. The zero-order valence-electron chi connectivity index (χ0n) is 21.0. The Morgan fingerprint density at radius 3 is 2.51 bits per heavy atom. The van der Waals surface area contributed by atoms with Crippen molar-refractivity contribution in [2.24, 2.45) is 0 Å². The van der Waals surface area contributed by atoms with Crippen LogP contribution in [0, 0.1) is 0 Å². The summed E-state index contributed by atoms with van der Waals surface area (Å²) in [6.45, 7) is 8.45. The van der Waals surface area contributed by atoms with Gasteiger partial charge in [0.2, 0.25) is 5.91 Å². The Morgan fingerprint density at radius 2 is 1.89 bits per heavy atom. The number of fused-ring (bicyclic) bond motifs is 1. The van der Waals surface area contributed by atoms with Gasteiger partial charge in [0.1, 0.15) is 17.0 Å². The predicted octanol–water partition coefficient (Wildman–Crippen LogP) is 2.89. The van der Waals surface area contributed by atoms with Crippen LogP contribution in [-0.2, 0) is 17.9 Å². The zero-order chi connectivity index (χ0) is 25.2. The van der Waals surface area contributed by atoms with Gasteiger partial charge in [-0.15, -0.1) is 0 Å². The highest BCUT2D eigenvalue weighted by molar-refractivity contribution is 6.07. The molecule has 9 nitrogen and oxygen atoms in total. The summed E-state index contributed by atoms with van der Waals surface area (Å²) in [7, 11) is 0. The smallest absolute Gasteiger partial charge is 0.273 e. The van der Waals surface area contributed by atoms with Gasteiger partial charge in [0.25, 0.3) is 11.8 Å². The molecule has 2 aliphatic rings. The summed E-state index contributed by atoms with van der Waals surface area (Å²) in [5, 5.41) is 5.98. The van der Waals surface area contributed by atoms with Crippen LogP contribution in [0.5, 0.6) is 5.75 Å². The number of aromatic nitrogens is 2. The van der Waals surface area contributed by atoms with Gasteiger partial charge in [-0.05, 0) is 58.2 Å². The van der Waals surface area contributed by atoms with Crippen molar-refractivity contribution >= 4 is 17.7 Å². The van der Waals surface area contributed by atoms with E-state index in [4.69, 9.17) is 4.74 Å². The van der Waals surface area contributed by atoms with Crippen molar-refractivity contribution in [1.29, 1.82) is 0 Å². The van der Waals surface area contributed by atoms with Crippen LogP contribution in [0.15, 0.2) is 30.6 Å². The molecule has 2 N–H and O–H groups in total. The van der Waals surface area contributed by atoms with E-state index in [2.05, 4.69) is 15.6 Å². The highest BCUT2D eigenvalue weighted by Crippen LogP contribution is 2.29. The van der Waals surface area contributed by atoms with Gasteiger partial charge in [0, 0.05) is 19.1 Å². The average Bonchev–Trinajstić information content (AvgIpc) is 3.48. The topological polar surface area (TPSA) is 106 Å². The number of ether oxygens (including phenoxy) is 1. The summed E-state index contributed by atoms with van der Waals surface area (Å²) < 4.78 is 7.28. The van der Waals surface area contributed by atoms with Gasteiger partial charge in [-0.3, -0.25) is 14.4 Å². The van der Waals surface area contributed by atoms with Crippen LogP contribution in [-0.4, -0.2) is 56.4 Å². The molecule has 1 fully saturated rings. The van der Waals surface area contributed by atoms with Crippen LogP contribution in [0.25, 0.3) is 0 Å². The van der Waals surface area contributed by atoms with Gasteiger partial charge in [-0.2, -0.15) is 0 Å². The van der Waals surface area contributed by atoms with Crippen molar-refractivity contribution < 1.29 is 19.1 Å². The first-order valence-corrected chi connectivity index (χ1v) is 12.4. The Hall–Kier alpha value is -3.36. The fourth-order valence-corrected chi connectivity index (χ4v) is 4.98. The van der Waals surface area contributed by atoms with Crippen molar-refractivity contribution in [3.8, 4) is 5.75 Å². The number of hydrogen-bond donors (Lipinski definition) is 2. The molecule has 0 spiro atoms. The number of imidazole rings is 1. The molecule has 1 aliphatic heterocycles. The molecule has 1 saturated carbocycles. The van der Waals surface area contributed by atoms with Crippen LogP contribution < -0.4 is 15.4 Å². The van der Waals surface area contributed by atoms with Gasteiger partial charge in [-0.25, -0.2) is 4.98 Å². The summed E-state index contributed by atoms with van der Waals surface area (Å²) in [4.78, 5) is 45.5. The first-order chi connectivity index (χ1) is 16.7. The first kappa shape index (κ1) is 24.8. The molecule has 0 saturated heterocycles. The van der Waals surface area contributed by atoms with Crippen molar-refractivity contribution in [2.45, 2.75) is 84.2 Å². The largest absolute Gasteiger partial charge is 0.491 e. The maximum Gasteiger partial charge on any atom is 0.273 e. The van der Waals surface area contributed by atoms with E-state index in [1.807, 2.05) is 45.0 Å². The Kier molecular flexibility index (Phi) is 7.14. The Balaban J connectivity index is 1.47. The molecular weight excluding hydrogens is 446 g/mol. The molecule has 0 bridgehead atoms. The second-order valence-corrected chi connectivity index (χ2v) is 9.84. The molecule has 0 unspecified atom stereocenters. The van der Waals surface area contributed by atoms with Gasteiger partial charge in [0.15, 0.2) is 5.69 Å². The summed E-state index contributed by atoms with van der Waals surface area (Å²) in [6, 6.07) is 7.66. The number of carbonyl (C=O) groups excluding carboxylic acids is 3. The Morgan fingerprint density at radius 1 is 1.20 bits per heavy atom. The third-order valence-corrected chi connectivity index (χ3v) is 6.82. The number of likely N-dealkylation sites (N-methyl/N-ethyl adjacent to an activating group) is 1. The lowest BCUT2D eigenvalue weighted by Crippen LogP contribution is -2.64. The van der Waals surface area contributed by atoms with E-state index in [0.717, 1.165) is 37.0 Å². The van der Waals surface area contributed by atoms with Crippen LogP contribution in [0.1, 0.15) is 79.9 Å². The van der Waals surface area contributed by atoms with Crippen LogP contribution in [0.2, 0.25) is 0 Å². The van der Waals surface area contributed by atoms with E-state index in [0.29, 0.717) is 13.1 Å². The normalized spacial score (nSPS) is 20.1. The minimum Gasteiger partial charge on any atom is -0.491 e. The van der Waals surface area contributed by atoms with Crippen molar-refractivity contribution in [3.05, 3.63) is 47.5 Å². The SMILES string of the molecule is CCN1C(=O)c2c(C(=O)NCc3ccc(OC(C)C)cc3)ncn2C[C@@]1(C)C(=O)NC1CCCC1. The maximum atomic E-state index is 13.5. The summed E-state index contributed by atoms with van der Waals surface area (Å²) in [5.41, 5.74) is 0.151. The number of carbonyl (C=O) groups is 3. The Bertz CT molecular complexity index is 1090. The second-order valence-electron chi connectivity index (χ2n) is 9.84. The lowest BCUT2D eigenvalue weighted by Gasteiger charge is -2.43. The number of rotatable bonds is 8. The lowest BCUT2D eigenvalue weighted by molar-refractivity contribution is -0.133. The van der Waals surface area contributed by atoms with E-state index >= 15 is 0 Å². The molecule has 2 heterocycles. The molecule has 188 valence electrons. The number of nitrogens with one attached hydrogen (secondary N) is 2. The molecule has 0 radical (unpaired) electrons. The van der Waals surface area contributed by atoms with Crippen molar-refractivity contribution in [3.63, 3.8) is 0 Å². The maximum absolute atomic E-state index is 13.5. The molecule has 1 atom stereocenters. The average molecular weight is 482 g/mol. The first-order valence-electron chi connectivity index (χ1n) is 12.4. The molecule has 4 rings (SSSR count). The van der Waals surface area contributed by atoms with E-state index < -0.39 is 11.4 Å². The lowest BCUT2D eigenvalue weighted by atomic mass is 9.94. The fraction of sp³-hybridized carbons (Fsp3) is 0.538. The van der Waals surface area contributed by atoms with Gasteiger partial charge in [-0.1, -0.05) is 25.0 Å². The number of hydrogen-bond acceptors (Lipinski definition) is 5. The molecule has 1 aliphatic carbocycles. The monoisotopic (exact) mass is 481 g/mol. The predicted molar refractivity (Wildman–Crippen MR) is 131 cm³/mol. The van der Waals surface area contributed by atoms with Crippen molar-refractivity contribution in [2.75, 3.05) is 6.54 Å². The van der Waals surface area contributed by atoms with Crippen LogP contribution in [0.4, 0.5) is 0 Å². The Labute approximate surface area is 206 Å². The third kappa shape index (κ3) is 5.04. The molecule has 1 aromatic heterocycles. The second kappa shape index (κ2) is 10.1. The summed E-state index contributed by atoms with van der Waals surface area (Å²) >= 11 is 0. The van der Waals surface area contributed by atoms with Crippen LogP contribution >= 0.6 is 0 Å². The van der Waals surface area contributed by atoms with E-state index in [9.17, 15) is 14.4 Å². The molecule has 3 amide bonds. The molecular formula is C26H35N5O4. The molecule has 2 aromatic rings. The number of benzene rings is 1. The minimum absolute atomic E-state index is 0.0754. The molecule has 35 heavy (non-hydrogen) atoms. The minimum atomic E-state index is -1.05. The summed E-state index contributed by atoms with van der Waals surface area (Å²) in [6.07, 6.45) is 5.72. The fourth-order valence-electron chi connectivity index (χ4n) is 4.98. The van der Waals surface area contributed by atoms with Gasteiger partial charge < -0.3 is 24.8 Å². The molecule has 1 aromatic carbocycles. The quantitative estimate of drug-likeness (QED) is 0.603. The van der Waals surface area contributed by atoms with Gasteiger partial charge in [0.05, 0.1) is 19.0 Å². The molecule has 9 heteroatoms.